The Morgan fingerprint density at radius 1 is 1.47 bits per heavy atom. The number of aromatic nitrogens is 2. The average Bonchev–Trinajstić information content (AvgIpc) is 2.71. The van der Waals surface area contributed by atoms with Crippen LogP contribution in [0, 0.1) is 0 Å². The van der Waals surface area contributed by atoms with Crippen molar-refractivity contribution in [3.63, 3.8) is 0 Å². The summed E-state index contributed by atoms with van der Waals surface area (Å²) in [6, 6.07) is 6.44. The highest BCUT2D eigenvalue weighted by atomic mass is 127. The molecule has 1 aliphatic rings. The van der Waals surface area contributed by atoms with Crippen LogP contribution in [-0.4, -0.2) is 32.6 Å². The minimum atomic E-state index is 0.185. The normalized spacial score (nSPS) is 22.1. The SMILES string of the molecule is Cn1ncc2cc(C3CN(I)CCO3)ccc21. The van der Waals surface area contributed by atoms with Crippen LogP contribution in [0.3, 0.4) is 0 Å². The molecule has 0 bridgehead atoms. The fraction of sp³-hybridized carbons (Fsp3) is 0.417. The number of fused-ring (bicyclic) bond motifs is 1. The number of aryl methyl sites for hydroxylation is 1. The van der Waals surface area contributed by atoms with Crippen molar-refractivity contribution in [3.05, 3.63) is 30.0 Å². The van der Waals surface area contributed by atoms with E-state index in [1.807, 2.05) is 17.9 Å². The highest BCUT2D eigenvalue weighted by molar-refractivity contribution is 14.1. The fourth-order valence-electron chi connectivity index (χ4n) is 2.20. The largest absolute Gasteiger partial charge is 0.371 e. The van der Waals surface area contributed by atoms with Gasteiger partial charge in [-0.3, -0.25) is 4.68 Å². The van der Waals surface area contributed by atoms with Crippen molar-refractivity contribution < 1.29 is 4.74 Å². The molecule has 90 valence electrons. The van der Waals surface area contributed by atoms with Crippen molar-refractivity contribution in [1.82, 2.24) is 12.9 Å². The molecule has 1 unspecified atom stereocenters. The Morgan fingerprint density at radius 2 is 2.35 bits per heavy atom. The average molecular weight is 343 g/mol. The van der Waals surface area contributed by atoms with Crippen LogP contribution >= 0.6 is 22.9 Å². The maximum Gasteiger partial charge on any atom is 0.0960 e. The molecule has 4 nitrogen and oxygen atoms in total. The minimum Gasteiger partial charge on any atom is -0.371 e. The van der Waals surface area contributed by atoms with Crippen molar-refractivity contribution in [1.29, 1.82) is 0 Å². The molecule has 0 spiro atoms. The first kappa shape index (κ1) is 11.4. The van der Waals surface area contributed by atoms with Crippen LogP contribution in [0.2, 0.25) is 0 Å². The second-order valence-electron chi connectivity index (χ2n) is 4.31. The maximum absolute atomic E-state index is 5.82. The second kappa shape index (κ2) is 4.55. The zero-order valence-electron chi connectivity index (χ0n) is 9.64. The van der Waals surface area contributed by atoms with E-state index in [9.17, 15) is 0 Å². The van der Waals surface area contributed by atoms with Gasteiger partial charge in [0.1, 0.15) is 0 Å². The van der Waals surface area contributed by atoms with Crippen molar-refractivity contribution in [2.75, 3.05) is 19.7 Å². The van der Waals surface area contributed by atoms with Gasteiger partial charge in [0.05, 0.1) is 24.4 Å². The van der Waals surface area contributed by atoms with Crippen LogP contribution in [0.25, 0.3) is 10.9 Å². The van der Waals surface area contributed by atoms with Crippen molar-refractivity contribution in [2.24, 2.45) is 7.05 Å². The lowest BCUT2D eigenvalue weighted by Gasteiger charge is -2.28. The van der Waals surface area contributed by atoms with Gasteiger partial charge in [-0.15, -0.1) is 0 Å². The van der Waals surface area contributed by atoms with Gasteiger partial charge in [0.25, 0.3) is 0 Å². The van der Waals surface area contributed by atoms with Gasteiger partial charge in [0.15, 0.2) is 0 Å². The van der Waals surface area contributed by atoms with E-state index in [-0.39, 0.29) is 6.10 Å². The highest BCUT2D eigenvalue weighted by Crippen LogP contribution is 2.26. The Hall–Kier alpha value is -0.660. The van der Waals surface area contributed by atoms with Gasteiger partial charge in [-0.2, -0.15) is 5.10 Å². The predicted molar refractivity (Wildman–Crippen MR) is 75.0 cm³/mol. The quantitative estimate of drug-likeness (QED) is 0.588. The van der Waals surface area contributed by atoms with Crippen molar-refractivity contribution in [2.45, 2.75) is 6.10 Å². The topological polar surface area (TPSA) is 30.3 Å². The van der Waals surface area contributed by atoms with Gasteiger partial charge < -0.3 is 4.74 Å². The van der Waals surface area contributed by atoms with E-state index in [1.54, 1.807) is 0 Å². The third-order valence-electron chi connectivity index (χ3n) is 3.16. The van der Waals surface area contributed by atoms with Gasteiger partial charge in [-0.25, -0.2) is 3.11 Å². The third-order valence-corrected chi connectivity index (χ3v) is 4.04. The molecule has 3 rings (SSSR count). The van der Waals surface area contributed by atoms with E-state index in [0.717, 1.165) is 25.2 Å². The van der Waals surface area contributed by atoms with E-state index >= 15 is 0 Å². The molecule has 1 aliphatic heterocycles. The lowest BCUT2D eigenvalue weighted by Crippen LogP contribution is -2.31. The lowest BCUT2D eigenvalue weighted by molar-refractivity contribution is 0.00583. The number of ether oxygens (including phenoxy) is 1. The summed E-state index contributed by atoms with van der Waals surface area (Å²) in [5.41, 5.74) is 2.41. The molecule has 1 saturated heterocycles. The summed E-state index contributed by atoms with van der Waals surface area (Å²) < 4.78 is 9.99. The number of nitrogens with zero attached hydrogens (tertiary/aromatic N) is 3. The van der Waals surface area contributed by atoms with Gasteiger partial charge in [-0.1, -0.05) is 6.07 Å². The van der Waals surface area contributed by atoms with Crippen molar-refractivity contribution in [3.8, 4) is 0 Å². The molecule has 1 aromatic heterocycles. The van der Waals surface area contributed by atoms with Crippen LogP contribution in [0.1, 0.15) is 11.7 Å². The second-order valence-corrected chi connectivity index (χ2v) is 5.68. The third kappa shape index (κ3) is 2.19. The molecule has 1 fully saturated rings. The first-order valence-corrected chi connectivity index (χ1v) is 6.64. The number of benzene rings is 1. The number of morpholine rings is 1. The van der Waals surface area contributed by atoms with Crippen molar-refractivity contribution >= 4 is 33.8 Å². The summed E-state index contributed by atoms with van der Waals surface area (Å²) >= 11 is 2.36. The number of hydrogen-bond donors (Lipinski definition) is 0. The number of rotatable bonds is 1. The van der Waals surface area contributed by atoms with E-state index < -0.39 is 0 Å². The monoisotopic (exact) mass is 343 g/mol. The standard InChI is InChI=1S/C12H14IN3O/c1-15-11-3-2-9(6-10(11)7-14-15)12-8-16(13)4-5-17-12/h2-3,6-7,12H,4-5,8H2,1H3. The molecule has 2 heterocycles. The smallest absolute Gasteiger partial charge is 0.0960 e. The molecule has 0 aliphatic carbocycles. The predicted octanol–water partition coefficient (Wildman–Crippen LogP) is 2.30. The molecule has 0 saturated carbocycles. The molecular formula is C12H14IN3O. The van der Waals surface area contributed by atoms with E-state index in [4.69, 9.17) is 4.74 Å². The zero-order valence-corrected chi connectivity index (χ0v) is 11.8. The van der Waals surface area contributed by atoms with Crippen LogP contribution < -0.4 is 0 Å². The molecule has 0 amide bonds. The summed E-state index contributed by atoms with van der Waals surface area (Å²) in [4.78, 5) is 0. The summed E-state index contributed by atoms with van der Waals surface area (Å²) in [5, 5.41) is 5.44. The Bertz CT molecular complexity index is 540. The van der Waals surface area contributed by atoms with Crippen LogP contribution in [-0.2, 0) is 11.8 Å². The first-order chi connectivity index (χ1) is 8.24. The Balaban J connectivity index is 1.94. The maximum atomic E-state index is 5.82. The van der Waals surface area contributed by atoms with E-state index in [2.05, 4.69) is 49.3 Å². The molecule has 2 aromatic rings. The minimum absolute atomic E-state index is 0.185. The van der Waals surface area contributed by atoms with Crippen LogP contribution in [0.4, 0.5) is 0 Å². The summed E-state index contributed by atoms with van der Waals surface area (Å²) in [6.45, 7) is 2.76. The molecule has 0 radical (unpaired) electrons. The Labute approximate surface area is 114 Å². The zero-order chi connectivity index (χ0) is 11.8. The molecule has 1 atom stereocenters. The summed E-state index contributed by atoms with van der Waals surface area (Å²) in [5.74, 6) is 0. The first-order valence-electron chi connectivity index (χ1n) is 5.68. The molecule has 1 aromatic carbocycles. The number of halogens is 1. The Kier molecular flexibility index (Phi) is 3.06. The molecular weight excluding hydrogens is 329 g/mol. The summed E-state index contributed by atoms with van der Waals surface area (Å²) in [7, 11) is 1.96. The van der Waals surface area contributed by atoms with Gasteiger partial charge in [-0.05, 0) is 17.7 Å². The van der Waals surface area contributed by atoms with Crippen LogP contribution in [0.5, 0.6) is 0 Å². The fourth-order valence-corrected chi connectivity index (χ4v) is 2.76. The lowest BCUT2D eigenvalue weighted by atomic mass is 10.1. The molecule has 17 heavy (non-hydrogen) atoms. The van der Waals surface area contributed by atoms with Gasteiger partial charge in [0.2, 0.25) is 0 Å². The highest BCUT2D eigenvalue weighted by Gasteiger charge is 2.20. The number of hydrogen-bond acceptors (Lipinski definition) is 3. The molecule has 5 heteroatoms. The van der Waals surface area contributed by atoms with Crippen LogP contribution in [0.15, 0.2) is 24.4 Å². The molecule has 0 N–H and O–H groups in total. The summed E-state index contributed by atoms with van der Waals surface area (Å²) in [6.07, 6.45) is 2.09. The van der Waals surface area contributed by atoms with E-state index in [0.29, 0.717) is 0 Å². The van der Waals surface area contributed by atoms with Gasteiger partial charge >= 0.3 is 0 Å². The van der Waals surface area contributed by atoms with E-state index in [1.165, 1.54) is 10.9 Å². The Morgan fingerprint density at radius 3 is 3.18 bits per heavy atom. The van der Waals surface area contributed by atoms with Gasteiger partial charge in [0, 0.05) is 48.4 Å².